The molecule has 1 N–H and O–H groups in total. The van der Waals surface area contributed by atoms with Gasteiger partial charge in [0, 0.05) is 37.6 Å². The van der Waals surface area contributed by atoms with E-state index in [1.54, 1.807) is 0 Å². The second-order valence-electron chi connectivity index (χ2n) is 7.87. The smallest absolute Gasteiger partial charge is 0.246 e. The molecule has 2 heterocycles. The van der Waals surface area contributed by atoms with Crippen molar-refractivity contribution in [2.75, 3.05) is 31.1 Å². The zero-order valence-electron chi connectivity index (χ0n) is 17.6. The van der Waals surface area contributed by atoms with Crippen LogP contribution in [-0.2, 0) is 22.6 Å². The van der Waals surface area contributed by atoms with E-state index < -0.39 is 0 Å². The van der Waals surface area contributed by atoms with Crippen LogP contribution in [0.1, 0.15) is 29.8 Å². The second-order valence-corrected chi connectivity index (χ2v) is 8.60. The molecule has 1 aliphatic heterocycles. The number of amides is 1. The van der Waals surface area contributed by atoms with E-state index in [4.69, 9.17) is 9.72 Å². The normalized spacial score (nSPS) is 14.5. The predicted octanol–water partition coefficient (Wildman–Crippen LogP) is 3.68. The highest BCUT2D eigenvalue weighted by Crippen LogP contribution is 2.25. The standard InChI is InChI=1S/C24H28N4O2S/c29-23(18-30-17-21-9-5-2-6-10-21)25-16-20-11-13-28(14-12-20)24-26-22(27-31-24)15-19-7-3-1-4-8-19/h1-10,20H,11-18H2,(H,25,29). The molecule has 7 heteroatoms. The van der Waals surface area contributed by atoms with Crippen LogP contribution in [0.15, 0.2) is 60.7 Å². The van der Waals surface area contributed by atoms with E-state index in [2.05, 4.69) is 26.7 Å². The number of aromatic nitrogens is 2. The van der Waals surface area contributed by atoms with Crippen LogP contribution in [0, 0.1) is 5.92 Å². The van der Waals surface area contributed by atoms with E-state index in [9.17, 15) is 4.79 Å². The van der Waals surface area contributed by atoms with Gasteiger partial charge in [-0.2, -0.15) is 4.37 Å². The zero-order valence-corrected chi connectivity index (χ0v) is 18.4. The molecule has 3 aromatic rings. The first kappa shape index (κ1) is 21.5. The minimum absolute atomic E-state index is 0.0481. The largest absolute Gasteiger partial charge is 0.367 e. The quantitative estimate of drug-likeness (QED) is 0.554. The third-order valence-electron chi connectivity index (χ3n) is 5.48. The Bertz CT molecular complexity index is 940. The lowest BCUT2D eigenvalue weighted by Crippen LogP contribution is -2.39. The molecular weight excluding hydrogens is 408 g/mol. The summed E-state index contributed by atoms with van der Waals surface area (Å²) in [5.41, 5.74) is 2.31. The molecule has 0 spiro atoms. The topological polar surface area (TPSA) is 67.3 Å². The van der Waals surface area contributed by atoms with Gasteiger partial charge in [-0.05, 0) is 29.9 Å². The van der Waals surface area contributed by atoms with Crippen LogP contribution in [0.4, 0.5) is 5.13 Å². The Kier molecular flexibility index (Phi) is 7.63. The summed E-state index contributed by atoms with van der Waals surface area (Å²) in [4.78, 5) is 19.1. The summed E-state index contributed by atoms with van der Waals surface area (Å²) in [7, 11) is 0. The van der Waals surface area contributed by atoms with Gasteiger partial charge in [0.1, 0.15) is 12.4 Å². The minimum atomic E-state index is -0.0481. The van der Waals surface area contributed by atoms with Crippen molar-refractivity contribution in [3.05, 3.63) is 77.6 Å². The van der Waals surface area contributed by atoms with E-state index in [0.29, 0.717) is 19.1 Å². The maximum Gasteiger partial charge on any atom is 0.246 e. The molecule has 31 heavy (non-hydrogen) atoms. The number of ether oxygens (including phenoxy) is 1. The van der Waals surface area contributed by atoms with Gasteiger partial charge in [0.2, 0.25) is 11.0 Å². The molecule has 0 bridgehead atoms. The highest BCUT2D eigenvalue weighted by atomic mass is 32.1. The van der Waals surface area contributed by atoms with Crippen molar-refractivity contribution in [2.24, 2.45) is 5.92 Å². The average Bonchev–Trinajstić information content (AvgIpc) is 3.28. The van der Waals surface area contributed by atoms with Crippen LogP contribution < -0.4 is 10.2 Å². The number of nitrogens with one attached hydrogen (secondary N) is 1. The lowest BCUT2D eigenvalue weighted by molar-refractivity contribution is -0.126. The van der Waals surface area contributed by atoms with E-state index >= 15 is 0 Å². The lowest BCUT2D eigenvalue weighted by atomic mass is 9.97. The van der Waals surface area contributed by atoms with Crippen LogP contribution in [0.25, 0.3) is 0 Å². The predicted molar refractivity (Wildman–Crippen MR) is 123 cm³/mol. The van der Waals surface area contributed by atoms with Gasteiger partial charge in [0.25, 0.3) is 0 Å². The highest BCUT2D eigenvalue weighted by molar-refractivity contribution is 7.09. The minimum Gasteiger partial charge on any atom is -0.367 e. The fraction of sp³-hybridized carbons (Fsp3) is 0.375. The Hall–Kier alpha value is -2.77. The van der Waals surface area contributed by atoms with E-state index in [-0.39, 0.29) is 12.5 Å². The number of benzene rings is 2. The van der Waals surface area contributed by atoms with Crippen molar-refractivity contribution >= 4 is 22.6 Å². The van der Waals surface area contributed by atoms with Gasteiger partial charge in [-0.25, -0.2) is 4.98 Å². The van der Waals surface area contributed by atoms with Crippen molar-refractivity contribution < 1.29 is 9.53 Å². The van der Waals surface area contributed by atoms with Crippen molar-refractivity contribution in [1.29, 1.82) is 0 Å². The summed E-state index contributed by atoms with van der Waals surface area (Å²) in [6.07, 6.45) is 2.85. The molecule has 6 nitrogen and oxygen atoms in total. The summed E-state index contributed by atoms with van der Waals surface area (Å²) in [6.45, 7) is 3.16. The number of carbonyl (C=O) groups excluding carboxylic acids is 1. The van der Waals surface area contributed by atoms with E-state index in [1.807, 2.05) is 48.5 Å². The number of rotatable bonds is 9. The van der Waals surface area contributed by atoms with Crippen LogP contribution in [0.5, 0.6) is 0 Å². The molecule has 1 amide bonds. The molecule has 1 fully saturated rings. The fourth-order valence-electron chi connectivity index (χ4n) is 3.70. The summed E-state index contributed by atoms with van der Waals surface area (Å²) in [6, 6.07) is 20.2. The third kappa shape index (κ3) is 6.60. The molecule has 0 aliphatic carbocycles. The molecule has 2 aromatic carbocycles. The molecule has 0 atom stereocenters. The van der Waals surface area contributed by atoms with Crippen molar-refractivity contribution in [3.63, 3.8) is 0 Å². The monoisotopic (exact) mass is 436 g/mol. The molecule has 1 aliphatic rings. The van der Waals surface area contributed by atoms with Gasteiger partial charge in [0.05, 0.1) is 6.61 Å². The highest BCUT2D eigenvalue weighted by Gasteiger charge is 2.22. The first-order valence-electron chi connectivity index (χ1n) is 10.8. The molecule has 1 saturated heterocycles. The van der Waals surface area contributed by atoms with Crippen molar-refractivity contribution in [2.45, 2.75) is 25.9 Å². The number of anilines is 1. The van der Waals surface area contributed by atoms with Crippen LogP contribution in [0.3, 0.4) is 0 Å². The second kappa shape index (κ2) is 11.0. The average molecular weight is 437 g/mol. The number of carbonyl (C=O) groups is 1. The first-order chi connectivity index (χ1) is 15.3. The third-order valence-corrected chi connectivity index (χ3v) is 6.29. The Balaban J connectivity index is 1.14. The van der Waals surface area contributed by atoms with Gasteiger partial charge in [0.15, 0.2) is 0 Å². The van der Waals surface area contributed by atoms with Crippen LogP contribution >= 0.6 is 11.5 Å². The van der Waals surface area contributed by atoms with Gasteiger partial charge >= 0.3 is 0 Å². The van der Waals surface area contributed by atoms with Crippen molar-refractivity contribution in [3.8, 4) is 0 Å². The summed E-state index contributed by atoms with van der Waals surface area (Å²) >= 11 is 1.48. The number of hydrogen-bond donors (Lipinski definition) is 1. The molecule has 0 radical (unpaired) electrons. The molecular formula is C24H28N4O2S. The Morgan fingerprint density at radius 2 is 1.71 bits per heavy atom. The maximum atomic E-state index is 12.1. The Morgan fingerprint density at radius 3 is 2.42 bits per heavy atom. The van der Waals surface area contributed by atoms with E-state index in [1.165, 1.54) is 17.1 Å². The van der Waals surface area contributed by atoms with Crippen LogP contribution in [0.2, 0.25) is 0 Å². The number of nitrogens with zero attached hydrogens (tertiary/aromatic N) is 3. The summed E-state index contributed by atoms with van der Waals surface area (Å²) in [5, 5.41) is 4.02. The van der Waals surface area contributed by atoms with E-state index in [0.717, 1.165) is 48.9 Å². The van der Waals surface area contributed by atoms with Crippen LogP contribution in [-0.4, -0.2) is 41.5 Å². The zero-order chi connectivity index (χ0) is 21.3. The molecule has 0 saturated carbocycles. The van der Waals surface area contributed by atoms with Gasteiger partial charge < -0.3 is 15.0 Å². The number of piperidine rings is 1. The molecule has 0 unspecified atom stereocenters. The van der Waals surface area contributed by atoms with Crippen molar-refractivity contribution in [1.82, 2.24) is 14.7 Å². The Labute approximate surface area is 187 Å². The van der Waals surface area contributed by atoms with Gasteiger partial charge in [-0.1, -0.05) is 60.7 Å². The maximum absolute atomic E-state index is 12.1. The lowest BCUT2D eigenvalue weighted by Gasteiger charge is -2.31. The fourth-order valence-corrected chi connectivity index (χ4v) is 4.43. The first-order valence-corrected chi connectivity index (χ1v) is 11.5. The SMILES string of the molecule is O=C(COCc1ccccc1)NCC1CCN(c2nc(Cc3ccccc3)ns2)CC1. The summed E-state index contributed by atoms with van der Waals surface area (Å²) in [5.74, 6) is 1.33. The molecule has 1 aromatic heterocycles. The van der Waals surface area contributed by atoms with Gasteiger partial charge in [-0.3, -0.25) is 4.79 Å². The van der Waals surface area contributed by atoms with Gasteiger partial charge in [-0.15, -0.1) is 0 Å². The summed E-state index contributed by atoms with van der Waals surface area (Å²) < 4.78 is 10.0. The number of hydrogen-bond acceptors (Lipinski definition) is 6. The Morgan fingerprint density at radius 1 is 1.03 bits per heavy atom. The molecule has 162 valence electrons. The molecule has 4 rings (SSSR count).